The van der Waals surface area contributed by atoms with Gasteiger partial charge in [-0.05, 0) is 49.4 Å². The first-order chi connectivity index (χ1) is 13.4. The summed E-state index contributed by atoms with van der Waals surface area (Å²) < 4.78 is 10.7. The van der Waals surface area contributed by atoms with Crippen LogP contribution in [0.2, 0.25) is 10.0 Å². The van der Waals surface area contributed by atoms with E-state index < -0.39 is 18.0 Å². The van der Waals surface area contributed by atoms with E-state index in [2.05, 4.69) is 5.32 Å². The van der Waals surface area contributed by atoms with Gasteiger partial charge in [0, 0.05) is 16.3 Å². The Morgan fingerprint density at radius 1 is 1.25 bits per heavy atom. The molecule has 1 N–H and O–H groups in total. The molecule has 28 heavy (non-hydrogen) atoms. The van der Waals surface area contributed by atoms with Gasteiger partial charge in [-0.1, -0.05) is 23.2 Å². The lowest BCUT2D eigenvalue weighted by Crippen LogP contribution is -2.31. The number of hydrogen-bond donors (Lipinski definition) is 1. The Morgan fingerprint density at radius 3 is 2.75 bits per heavy atom. The van der Waals surface area contributed by atoms with E-state index in [9.17, 15) is 9.59 Å². The highest BCUT2D eigenvalue weighted by Gasteiger charge is 2.23. The number of nitriles is 1. The maximum absolute atomic E-state index is 12.4. The quantitative estimate of drug-likeness (QED) is 0.753. The highest BCUT2D eigenvalue weighted by atomic mass is 35.5. The zero-order valence-corrected chi connectivity index (χ0v) is 16.2. The molecular formula is C20H14Cl2N2O4. The van der Waals surface area contributed by atoms with Crippen molar-refractivity contribution in [3.63, 3.8) is 0 Å². The van der Waals surface area contributed by atoms with Crippen molar-refractivity contribution in [2.75, 3.05) is 11.9 Å². The standard InChI is InChI=1S/C20H14Cl2N2O4/c1-11(19(25)24-16-4-2-12(9-23)17(22)8-16)28-20(26)14-6-13-7-15(21)3-5-18(13)27-10-14/h2-8,11H,10H2,1H3,(H,24,25). The molecule has 2 aromatic rings. The van der Waals surface area contributed by atoms with E-state index in [1.165, 1.54) is 25.1 Å². The zero-order chi connectivity index (χ0) is 20.3. The molecule has 3 rings (SSSR count). The highest BCUT2D eigenvalue weighted by Crippen LogP contribution is 2.29. The number of halogens is 2. The molecule has 142 valence electrons. The zero-order valence-electron chi connectivity index (χ0n) is 14.7. The van der Waals surface area contributed by atoms with Gasteiger partial charge in [0.05, 0.1) is 16.2 Å². The van der Waals surface area contributed by atoms with Crippen LogP contribution in [0, 0.1) is 11.3 Å². The number of amides is 1. The molecule has 0 saturated carbocycles. The van der Waals surface area contributed by atoms with Gasteiger partial charge in [0.2, 0.25) is 0 Å². The van der Waals surface area contributed by atoms with Gasteiger partial charge in [-0.15, -0.1) is 0 Å². The predicted molar refractivity (Wildman–Crippen MR) is 105 cm³/mol. The Morgan fingerprint density at radius 2 is 2.04 bits per heavy atom. The fourth-order valence-corrected chi connectivity index (χ4v) is 2.89. The van der Waals surface area contributed by atoms with Crippen molar-refractivity contribution in [1.29, 1.82) is 5.26 Å². The molecule has 0 radical (unpaired) electrons. The number of carbonyl (C=O) groups excluding carboxylic acids is 2. The van der Waals surface area contributed by atoms with E-state index in [-0.39, 0.29) is 17.2 Å². The second-order valence-electron chi connectivity index (χ2n) is 5.98. The minimum absolute atomic E-state index is 0.0348. The van der Waals surface area contributed by atoms with E-state index >= 15 is 0 Å². The van der Waals surface area contributed by atoms with Crippen LogP contribution in [-0.2, 0) is 14.3 Å². The van der Waals surface area contributed by atoms with Crippen LogP contribution in [0.25, 0.3) is 6.08 Å². The van der Waals surface area contributed by atoms with Crippen molar-refractivity contribution < 1.29 is 19.1 Å². The molecule has 2 aromatic carbocycles. The summed E-state index contributed by atoms with van der Waals surface area (Å²) >= 11 is 11.9. The Kier molecular flexibility index (Phi) is 5.88. The third-order valence-corrected chi connectivity index (χ3v) is 4.50. The van der Waals surface area contributed by atoms with Crippen molar-refractivity contribution in [1.82, 2.24) is 0 Å². The second-order valence-corrected chi connectivity index (χ2v) is 6.83. The molecule has 0 aliphatic carbocycles. The van der Waals surface area contributed by atoms with Gasteiger partial charge < -0.3 is 14.8 Å². The summed E-state index contributed by atoms with van der Waals surface area (Å²) in [5, 5.41) is 12.2. The number of rotatable bonds is 4. The summed E-state index contributed by atoms with van der Waals surface area (Å²) in [5.41, 5.74) is 1.62. The molecule has 1 atom stereocenters. The lowest BCUT2D eigenvalue weighted by molar-refractivity contribution is -0.149. The summed E-state index contributed by atoms with van der Waals surface area (Å²) in [6, 6.07) is 11.5. The average molecular weight is 417 g/mol. The number of fused-ring (bicyclic) bond motifs is 1. The van der Waals surface area contributed by atoms with Crippen LogP contribution in [-0.4, -0.2) is 24.6 Å². The SMILES string of the molecule is CC(OC(=O)C1=Cc2cc(Cl)ccc2OC1)C(=O)Nc1ccc(C#N)c(Cl)c1. The minimum Gasteiger partial charge on any atom is -0.488 e. The van der Waals surface area contributed by atoms with Crippen molar-refractivity contribution in [2.24, 2.45) is 0 Å². The van der Waals surface area contributed by atoms with E-state index in [0.29, 0.717) is 27.6 Å². The molecule has 1 unspecified atom stereocenters. The van der Waals surface area contributed by atoms with E-state index in [1.54, 1.807) is 24.3 Å². The maximum Gasteiger partial charge on any atom is 0.338 e. The van der Waals surface area contributed by atoms with Crippen molar-refractivity contribution >= 4 is 46.8 Å². The number of anilines is 1. The molecule has 1 amide bonds. The van der Waals surface area contributed by atoms with Gasteiger partial charge >= 0.3 is 5.97 Å². The van der Waals surface area contributed by atoms with Gasteiger partial charge in [-0.2, -0.15) is 5.26 Å². The monoisotopic (exact) mass is 416 g/mol. The normalized spacial score (nSPS) is 13.3. The van der Waals surface area contributed by atoms with Gasteiger partial charge in [-0.3, -0.25) is 4.79 Å². The number of nitrogens with one attached hydrogen (secondary N) is 1. The number of carbonyl (C=O) groups is 2. The predicted octanol–water partition coefficient (Wildman–Crippen LogP) is 4.21. The molecular weight excluding hydrogens is 403 g/mol. The average Bonchev–Trinajstić information content (AvgIpc) is 2.67. The van der Waals surface area contributed by atoms with E-state index in [4.69, 9.17) is 37.9 Å². The lowest BCUT2D eigenvalue weighted by atomic mass is 10.1. The second kappa shape index (κ2) is 8.34. The first-order valence-electron chi connectivity index (χ1n) is 8.22. The number of benzene rings is 2. The number of esters is 1. The van der Waals surface area contributed by atoms with Crippen LogP contribution >= 0.6 is 23.2 Å². The fourth-order valence-electron chi connectivity index (χ4n) is 2.48. The summed E-state index contributed by atoms with van der Waals surface area (Å²) in [6.07, 6.45) is 0.571. The van der Waals surface area contributed by atoms with Crippen LogP contribution in [0.4, 0.5) is 5.69 Å². The van der Waals surface area contributed by atoms with Crippen LogP contribution in [0.5, 0.6) is 5.75 Å². The minimum atomic E-state index is -1.05. The third kappa shape index (κ3) is 4.45. The van der Waals surface area contributed by atoms with Gasteiger partial charge in [0.25, 0.3) is 5.91 Å². The molecule has 0 fully saturated rings. The molecule has 6 nitrogen and oxygen atoms in total. The lowest BCUT2D eigenvalue weighted by Gasteiger charge is -2.19. The summed E-state index contributed by atoms with van der Waals surface area (Å²) in [4.78, 5) is 24.6. The molecule has 8 heteroatoms. The van der Waals surface area contributed by atoms with Crippen molar-refractivity contribution in [2.45, 2.75) is 13.0 Å². The molecule has 0 spiro atoms. The van der Waals surface area contributed by atoms with E-state index in [1.807, 2.05) is 6.07 Å². The largest absolute Gasteiger partial charge is 0.488 e. The number of ether oxygens (including phenoxy) is 2. The van der Waals surface area contributed by atoms with Gasteiger partial charge in [-0.25, -0.2) is 4.79 Å². The summed E-state index contributed by atoms with van der Waals surface area (Å²) in [5.74, 6) is -0.578. The Bertz CT molecular complexity index is 1030. The smallest absolute Gasteiger partial charge is 0.338 e. The number of nitrogens with zero attached hydrogens (tertiary/aromatic N) is 1. The third-order valence-electron chi connectivity index (χ3n) is 3.96. The molecule has 1 aliphatic rings. The fraction of sp³-hybridized carbons (Fsp3) is 0.150. The highest BCUT2D eigenvalue weighted by molar-refractivity contribution is 6.32. The molecule has 0 saturated heterocycles. The van der Waals surface area contributed by atoms with Crippen LogP contribution in [0.15, 0.2) is 42.0 Å². The van der Waals surface area contributed by atoms with Crippen LogP contribution in [0.1, 0.15) is 18.1 Å². The first-order valence-corrected chi connectivity index (χ1v) is 8.97. The van der Waals surface area contributed by atoms with Gasteiger partial charge in [0.1, 0.15) is 18.4 Å². The topological polar surface area (TPSA) is 88.4 Å². The molecule has 0 bridgehead atoms. The maximum atomic E-state index is 12.4. The molecule has 1 heterocycles. The van der Waals surface area contributed by atoms with Crippen molar-refractivity contribution in [3.8, 4) is 11.8 Å². The van der Waals surface area contributed by atoms with E-state index in [0.717, 1.165) is 0 Å². The summed E-state index contributed by atoms with van der Waals surface area (Å²) in [7, 11) is 0. The summed E-state index contributed by atoms with van der Waals surface area (Å²) in [6.45, 7) is 1.49. The molecule has 1 aliphatic heterocycles. The van der Waals surface area contributed by atoms with Crippen LogP contribution < -0.4 is 10.1 Å². The Hall–Kier alpha value is -3.01. The number of hydrogen-bond acceptors (Lipinski definition) is 5. The van der Waals surface area contributed by atoms with Gasteiger partial charge in [0.15, 0.2) is 6.10 Å². The first kappa shape index (κ1) is 19.7. The van der Waals surface area contributed by atoms with Crippen LogP contribution in [0.3, 0.4) is 0 Å². The molecule has 0 aromatic heterocycles. The Balaban J connectivity index is 1.65. The van der Waals surface area contributed by atoms with Crippen molar-refractivity contribution in [3.05, 3.63) is 63.1 Å². The Labute approximate surface area is 171 Å².